The highest BCUT2D eigenvalue weighted by Crippen LogP contribution is 2.34. The van der Waals surface area contributed by atoms with Gasteiger partial charge in [-0.1, -0.05) is 30.0 Å². The van der Waals surface area contributed by atoms with Crippen LogP contribution in [0.2, 0.25) is 0 Å². The van der Waals surface area contributed by atoms with Crippen molar-refractivity contribution in [1.29, 1.82) is 0 Å². The Kier molecular flexibility index (Phi) is 7.25. The van der Waals surface area contributed by atoms with Crippen LogP contribution in [0.25, 0.3) is 6.08 Å². The third-order valence-corrected chi connectivity index (χ3v) is 5.49. The van der Waals surface area contributed by atoms with Crippen molar-refractivity contribution in [2.24, 2.45) is 0 Å². The summed E-state index contributed by atoms with van der Waals surface area (Å²) in [6.07, 6.45) is 1.50. The molecule has 1 fully saturated rings. The lowest BCUT2D eigenvalue weighted by Gasteiger charge is -2.15. The van der Waals surface area contributed by atoms with E-state index in [-0.39, 0.29) is 26.3 Å². The number of carboxylic acid groups (broad SMARTS) is 1. The number of hydrogen-bond acceptors (Lipinski definition) is 9. The number of rotatable bonds is 8. The molecule has 2 aromatic rings. The van der Waals surface area contributed by atoms with Crippen molar-refractivity contribution < 1.29 is 33.9 Å². The molecule has 1 aliphatic heterocycles. The van der Waals surface area contributed by atoms with Gasteiger partial charge in [-0.2, -0.15) is 5.01 Å². The van der Waals surface area contributed by atoms with Crippen LogP contribution in [-0.2, 0) is 9.59 Å². The normalized spacial score (nSPS) is 14.3. The van der Waals surface area contributed by atoms with Crippen LogP contribution in [0.15, 0.2) is 47.4 Å². The first-order valence-electron chi connectivity index (χ1n) is 9.06. The zero-order valence-corrected chi connectivity index (χ0v) is 18.5. The molecule has 1 saturated heterocycles. The first-order valence-corrected chi connectivity index (χ1v) is 10.3. The van der Waals surface area contributed by atoms with Crippen molar-refractivity contribution in [3.05, 3.63) is 68.6 Å². The average molecular weight is 489 g/mol. The summed E-state index contributed by atoms with van der Waals surface area (Å²) in [6, 6.07) is 9.93. The molecule has 170 valence electrons. The zero-order valence-electron chi connectivity index (χ0n) is 16.8. The number of nitrogens with one attached hydrogen (secondary N) is 1. The highest BCUT2D eigenvalue weighted by molar-refractivity contribution is 8.26. The number of carbonyl (C=O) groups is 3. The largest absolute Gasteiger partial charge is 0.493 e. The van der Waals surface area contributed by atoms with E-state index < -0.39 is 35.0 Å². The third kappa shape index (κ3) is 5.45. The fourth-order valence-corrected chi connectivity index (χ4v) is 3.91. The van der Waals surface area contributed by atoms with E-state index in [0.29, 0.717) is 5.56 Å². The standard InChI is InChI=1S/C20H15N3O8S2/c1-30-15-8-11(6-7-14(15)31-10-17(24)25)9-16-19(27)22(20(32)33-16)21-18(26)12-4-2-3-5-13(12)23(28)29/h2-9H,10H2,1H3,(H,21,26)(H,24,25)/b16-9+. The van der Waals surface area contributed by atoms with E-state index in [1.54, 1.807) is 6.07 Å². The van der Waals surface area contributed by atoms with Crippen LogP contribution in [0.3, 0.4) is 0 Å². The Bertz CT molecular complexity index is 1200. The van der Waals surface area contributed by atoms with Crippen LogP contribution in [-0.4, -0.2) is 50.9 Å². The lowest BCUT2D eigenvalue weighted by atomic mass is 10.1. The van der Waals surface area contributed by atoms with Gasteiger partial charge in [0.05, 0.1) is 16.9 Å². The number of hydrogen-bond donors (Lipinski definition) is 2. The van der Waals surface area contributed by atoms with Gasteiger partial charge >= 0.3 is 5.97 Å². The number of carboxylic acids is 1. The molecule has 0 radical (unpaired) electrons. The molecule has 0 saturated carbocycles. The molecule has 2 aromatic carbocycles. The van der Waals surface area contributed by atoms with E-state index in [9.17, 15) is 24.5 Å². The van der Waals surface area contributed by atoms with Crippen molar-refractivity contribution in [2.75, 3.05) is 13.7 Å². The molecule has 2 N–H and O–H groups in total. The smallest absolute Gasteiger partial charge is 0.341 e. The third-order valence-electron chi connectivity index (χ3n) is 4.19. The molecular formula is C20H15N3O8S2. The van der Waals surface area contributed by atoms with Crippen LogP contribution in [0.5, 0.6) is 11.5 Å². The van der Waals surface area contributed by atoms with Crippen molar-refractivity contribution in [3.8, 4) is 11.5 Å². The van der Waals surface area contributed by atoms with E-state index in [1.165, 1.54) is 49.6 Å². The molecule has 0 spiro atoms. The summed E-state index contributed by atoms with van der Waals surface area (Å²) < 4.78 is 10.4. The SMILES string of the molecule is COc1cc(/C=C2/SC(=S)N(NC(=O)c3ccccc3[N+](=O)[O-])C2=O)ccc1OCC(=O)O. The molecule has 33 heavy (non-hydrogen) atoms. The van der Waals surface area contributed by atoms with Crippen molar-refractivity contribution in [1.82, 2.24) is 10.4 Å². The Hall–Kier alpha value is -3.97. The predicted molar refractivity (Wildman–Crippen MR) is 122 cm³/mol. The summed E-state index contributed by atoms with van der Waals surface area (Å²) in [4.78, 5) is 46.7. The molecule has 1 aliphatic rings. The summed E-state index contributed by atoms with van der Waals surface area (Å²) in [6.45, 7) is -0.548. The average Bonchev–Trinajstić information content (AvgIpc) is 3.05. The van der Waals surface area contributed by atoms with Gasteiger partial charge in [-0.05, 0) is 42.1 Å². The van der Waals surface area contributed by atoms with E-state index in [1.807, 2.05) is 0 Å². The highest BCUT2D eigenvalue weighted by Gasteiger charge is 2.34. The molecule has 13 heteroatoms. The van der Waals surface area contributed by atoms with E-state index >= 15 is 0 Å². The van der Waals surface area contributed by atoms with E-state index in [4.69, 9.17) is 26.8 Å². The minimum Gasteiger partial charge on any atom is -0.493 e. The van der Waals surface area contributed by atoms with Gasteiger partial charge in [0.2, 0.25) is 0 Å². The summed E-state index contributed by atoms with van der Waals surface area (Å²) in [5, 5.41) is 20.7. The number of aliphatic carboxylic acids is 1. The predicted octanol–water partition coefficient (Wildman–Crippen LogP) is 2.61. The van der Waals surface area contributed by atoms with Crippen molar-refractivity contribution in [2.45, 2.75) is 0 Å². The van der Waals surface area contributed by atoms with E-state index in [0.717, 1.165) is 16.8 Å². The number of nitrogens with zero attached hydrogens (tertiary/aromatic N) is 2. The number of nitro benzene ring substituents is 1. The van der Waals surface area contributed by atoms with Crippen molar-refractivity contribution in [3.63, 3.8) is 0 Å². The molecule has 1 heterocycles. The lowest BCUT2D eigenvalue weighted by Crippen LogP contribution is -2.45. The summed E-state index contributed by atoms with van der Waals surface area (Å²) >= 11 is 6.10. The minimum absolute atomic E-state index is 0.0339. The Labute approximate surface area is 196 Å². The van der Waals surface area contributed by atoms with Crippen LogP contribution < -0.4 is 14.9 Å². The van der Waals surface area contributed by atoms with Crippen LogP contribution >= 0.6 is 24.0 Å². The second-order valence-corrected chi connectivity index (χ2v) is 8.00. The van der Waals surface area contributed by atoms with Gasteiger partial charge in [0, 0.05) is 6.07 Å². The summed E-state index contributed by atoms with van der Waals surface area (Å²) in [7, 11) is 1.38. The Morgan fingerprint density at radius 1 is 1.27 bits per heavy atom. The van der Waals surface area contributed by atoms with Crippen LogP contribution in [0.4, 0.5) is 5.69 Å². The molecular weight excluding hydrogens is 474 g/mol. The molecule has 0 aliphatic carbocycles. The maximum absolute atomic E-state index is 12.8. The number of para-hydroxylation sites is 1. The Morgan fingerprint density at radius 2 is 2.00 bits per heavy atom. The number of thiocarbonyl (C=S) groups is 1. The number of thioether (sulfide) groups is 1. The lowest BCUT2D eigenvalue weighted by molar-refractivity contribution is -0.385. The monoisotopic (exact) mass is 489 g/mol. The quantitative estimate of drug-likeness (QED) is 0.245. The molecule has 11 nitrogen and oxygen atoms in total. The second kappa shape index (κ2) is 10.1. The first kappa shape index (κ1) is 23.7. The summed E-state index contributed by atoms with van der Waals surface area (Å²) in [5.74, 6) is -2.16. The number of ether oxygens (including phenoxy) is 2. The Balaban J connectivity index is 1.79. The van der Waals surface area contributed by atoms with Gasteiger partial charge in [0.15, 0.2) is 22.4 Å². The second-order valence-electron chi connectivity index (χ2n) is 6.33. The van der Waals surface area contributed by atoms with Gasteiger partial charge in [-0.25, -0.2) is 4.79 Å². The van der Waals surface area contributed by atoms with Gasteiger partial charge in [-0.3, -0.25) is 25.1 Å². The topological polar surface area (TPSA) is 148 Å². The summed E-state index contributed by atoms with van der Waals surface area (Å²) in [5.41, 5.74) is 2.20. The number of carbonyl (C=O) groups excluding carboxylic acids is 2. The number of benzene rings is 2. The Morgan fingerprint density at radius 3 is 2.67 bits per heavy atom. The first-order chi connectivity index (χ1) is 15.7. The molecule has 0 unspecified atom stereocenters. The molecule has 0 bridgehead atoms. The van der Waals surface area contributed by atoms with Crippen LogP contribution in [0.1, 0.15) is 15.9 Å². The fraction of sp³-hybridized carbons (Fsp3) is 0.100. The van der Waals surface area contributed by atoms with Gasteiger partial charge in [0.25, 0.3) is 17.5 Å². The number of hydrazine groups is 1. The van der Waals surface area contributed by atoms with Crippen LogP contribution in [0, 0.1) is 10.1 Å². The maximum atomic E-state index is 12.8. The van der Waals surface area contributed by atoms with Crippen molar-refractivity contribution >= 4 is 57.8 Å². The number of methoxy groups -OCH3 is 1. The highest BCUT2D eigenvalue weighted by atomic mass is 32.2. The van der Waals surface area contributed by atoms with Gasteiger partial charge in [0.1, 0.15) is 5.56 Å². The molecule has 0 atom stereocenters. The zero-order chi connectivity index (χ0) is 24.1. The fourth-order valence-electron chi connectivity index (χ4n) is 2.73. The van der Waals surface area contributed by atoms with Gasteiger partial charge in [-0.15, -0.1) is 0 Å². The molecule has 0 aromatic heterocycles. The number of nitro groups is 1. The molecule has 3 rings (SSSR count). The minimum atomic E-state index is -1.15. The van der Waals surface area contributed by atoms with Gasteiger partial charge < -0.3 is 14.6 Å². The number of amides is 2. The van der Waals surface area contributed by atoms with E-state index in [2.05, 4.69) is 5.43 Å². The maximum Gasteiger partial charge on any atom is 0.341 e. The molecule has 2 amide bonds.